The van der Waals surface area contributed by atoms with E-state index in [-0.39, 0.29) is 12.6 Å². The van der Waals surface area contributed by atoms with Crippen molar-refractivity contribution in [2.45, 2.75) is 6.42 Å². The number of aliphatic hydroxyl groups excluding tert-OH is 1. The molecule has 2 aromatic rings. The maximum absolute atomic E-state index is 10.1. The van der Waals surface area contributed by atoms with Crippen molar-refractivity contribution in [2.24, 2.45) is 0 Å². The lowest BCUT2D eigenvalue weighted by atomic mass is 10.1. The van der Waals surface area contributed by atoms with Crippen LogP contribution in [0.3, 0.4) is 0 Å². The first kappa shape index (κ1) is 12.4. The summed E-state index contributed by atoms with van der Waals surface area (Å²) in [5.41, 5.74) is 8.31. The molecule has 0 aliphatic carbocycles. The highest BCUT2D eigenvalue weighted by molar-refractivity contribution is 5.59. The zero-order valence-electron chi connectivity index (χ0n) is 10.9. The van der Waals surface area contributed by atoms with Gasteiger partial charge in [-0.15, -0.1) is 0 Å². The first-order valence-electron chi connectivity index (χ1n) is 6.35. The van der Waals surface area contributed by atoms with E-state index in [0.717, 1.165) is 16.9 Å². The Labute approximate surface area is 117 Å². The highest BCUT2D eigenvalue weighted by Crippen LogP contribution is 2.33. The molecule has 4 heteroatoms. The van der Waals surface area contributed by atoms with Crippen LogP contribution in [0.25, 0.3) is 6.08 Å². The van der Waals surface area contributed by atoms with Crippen LogP contribution in [0.2, 0.25) is 0 Å². The molecule has 0 fully saturated rings. The summed E-state index contributed by atoms with van der Waals surface area (Å²) in [5, 5.41) is 10.1. The molecule has 0 bridgehead atoms. The zero-order chi connectivity index (χ0) is 13.9. The maximum Gasteiger partial charge on any atom is 0.231 e. The van der Waals surface area contributed by atoms with E-state index in [0.29, 0.717) is 17.9 Å². The molecule has 0 amide bonds. The number of nitrogens with two attached hydrogens (primary N) is 1. The zero-order valence-corrected chi connectivity index (χ0v) is 10.9. The smallest absolute Gasteiger partial charge is 0.231 e. The Bertz CT molecular complexity index is 665. The lowest BCUT2D eigenvalue weighted by Gasteiger charge is -2.05. The Morgan fingerprint density at radius 1 is 1.15 bits per heavy atom. The second kappa shape index (κ2) is 5.17. The number of aliphatic hydroxyl groups is 1. The SMILES string of the molecule is Nc1ccccc1CC(O)=Cc1ccc2c(c1)OCO2. The quantitative estimate of drug-likeness (QED) is 0.663. The van der Waals surface area contributed by atoms with Crippen LogP contribution in [-0.2, 0) is 6.42 Å². The Balaban J connectivity index is 1.80. The second-order valence-corrected chi connectivity index (χ2v) is 4.62. The van der Waals surface area contributed by atoms with Crippen molar-refractivity contribution >= 4 is 11.8 Å². The first-order valence-corrected chi connectivity index (χ1v) is 6.35. The Kier molecular flexibility index (Phi) is 3.21. The van der Waals surface area contributed by atoms with Gasteiger partial charge in [0.2, 0.25) is 6.79 Å². The summed E-state index contributed by atoms with van der Waals surface area (Å²) in [5.74, 6) is 1.68. The Morgan fingerprint density at radius 2 is 1.95 bits per heavy atom. The molecule has 20 heavy (non-hydrogen) atoms. The molecule has 1 aliphatic heterocycles. The lowest BCUT2D eigenvalue weighted by Crippen LogP contribution is -1.96. The minimum atomic E-state index is 0.245. The van der Waals surface area contributed by atoms with Crippen molar-refractivity contribution in [2.75, 3.05) is 12.5 Å². The van der Waals surface area contributed by atoms with Crippen LogP contribution < -0.4 is 15.2 Å². The van der Waals surface area contributed by atoms with E-state index in [9.17, 15) is 5.11 Å². The van der Waals surface area contributed by atoms with Crippen LogP contribution in [0.15, 0.2) is 48.2 Å². The number of hydrogen-bond donors (Lipinski definition) is 2. The molecule has 1 aliphatic rings. The predicted octanol–water partition coefficient (Wildman–Crippen LogP) is 3.14. The molecule has 102 valence electrons. The number of hydrogen-bond acceptors (Lipinski definition) is 4. The van der Waals surface area contributed by atoms with Crippen LogP contribution in [0.1, 0.15) is 11.1 Å². The van der Waals surface area contributed by atoms with Crippen LogP contribution in [0.5, 0.6) is 11.5 Å². The minimum Gasteiger partial charge on any atom is -0.512 e. The van der Waals surface area contributed by atoms with Crippen molar-refractivity contribution in [3.63, 3.8) is 0 Å². The number of anilines is 1. The molecule has 0 unspecified atom stereocenters. The average Bonchev–Trinajstić information content (AvgIpc) is 2.89. The highest BCUT2D eigenvalue weighted by atomic mass is 16.7. The monoisotopic (exact) mass is 269 g/mol. The van der Waals surface area contributed by atoms with Crippen molar-refractivity contribution in [1.82, 2.24) is 0 Å². The molecule has 0 saturated carbocycles. The minimum absolute atomic E-state index is 0.245. The number of nitrogen functional groups attached to an aromatic ring is 1. The van der Waals surface area contributed by atoms with E-state index in [4.69, 9.17) is 15.2 Å². The van der Waals surface area contributed by atoms with Crippen LogP contribution in [-0.4, -0.2) is 11.9 Å². The van der Waals surface area contributed by atoms with Crippen molar-refractivity contribution < 1.29 is 14.6 Å². The van der Waals surface area contributed by atoms with Gasteiger partial charge in [0.1, 0.15) is 0 Å². The number of fused-ring (bicyclic) bond motifs is 1. The van der Waals surface area contributed by atoms with Gasteiger partial charge < -0.3 is 20.3 Å². The summed E-state index contributed by atoms with van der Waals surface area (Å²) in [6.07, 6.45) is 2.11. The summed E-state index contributed by atoms with van der Waals surface area (Å²) < 4.78 is 10.6. The molecule has 4 nitrogen and oxygen atoms in total. The summed E-state index contributed by atoms with van der Waals surface area (Å²) in [7, 11) is 0. The molecule has 3 rings (SSSR count). The van der Waals surface area contributed by atoms with Gasteiger partial charge in [-0.25, -0.2) is 0 Å². The third-order valence-electron chi connectivity index (χ3n) is 3.16. The predicted molar refractivity (Wildman–Crippen MR) is 77.7 cm³/mol. The van der Waals surface area contributed by atoms with E-state index < -0.39 is 0 Å². The molecule has 0 spiro atoms. The fourth-order valence-electron chi connectivity index (χ4n) is 2.14. The van der Waals surface area contributed by atoms with Crippen LogP contribution in [0, 0.1) is 0 Å². The van der Waals surface area contributed by atoms with Gasteiger partial charge in [0.05, 0.1) is 5.76 Å². The van der Waals surface area contributed by atoms with Crippen molar-refractivity contribution in [3.8, 4) is 11.5 Å². The molecular formula is C16H15NO3. The molecule has 0 radical (unpaired) electrons. The number of rotatable bonds is 3. The topological polar surface area (TPSA) is 64.7 Å². The van der Waals surface area contributed by atoms with Crippen molar-refractivity contribution in [3.05, 3.63) is 59.4 Å². The molecular weight excluding hydrogens is 254 g/mol. The summed E-state index contributed by atoms with van der Waals surface area (Å²) in [6, 6.07) is 13.0. The first-order chi connectivity index (χ1) is 9.72. The number of para-hydroxylation sites is 1. The van der Waals surface area contributed by atoms with Gasteiger partial charge in [-0.3, -0.25) is 0 Å². The summed E-state index contributed by atoms with van der Waals surface area (Å²) in [4.78, 5) is 0. The molecule has 0 aromatic heterocycles. The Morgan fingerprint density at radius 3 is 2.80 bits per heavy atom. The second-order valence-electron chi connectivity index (χ2n) is 4.62. The molecule has 2 aromatic carbocycles. The largest absolute Gasteiger partial charge is 0.512 e. The molecule has 0 atom stereocenters. The van der Waals surface area contributed by atoms with E-state index in [2.05, 4.69) is 0 Å². The molecule has 1 heterocycles. The number of benzene rings is 2. The molecule has 3 N–H and O–H groups in total. The standard InChI is InChI=1S/C16H15NO3/c17-14-4-2-1-3-12(14)9-13(18)7-11-5-6-15-16(8-11)20-10-19-15/h1-8,18H,9-10,17H2. The van der Waals surface area contributed by atoms with Gasteiger partial charge >= 0.3 is 0 Å². The van der Waals surface area contributed by atoms with Gasteiger partial charge in [-0.05, 0) is 35.4 Å². The third-order valence-corrected chi connectivity index (χ3v) is 3.16. The normalized spacial score (nSPS) is 13.5. The molecule has 0 saturated heterocycles. The fourth-order valence-corrected chi connectivity index (χ4v) is 2.14. The van der Waals surface area contributed by atoms with E-state index in [1.807, 2.05) is 42.5 Å². The third kappa shape index (κ3) is 2.54. The average molecular weight is 269 g/mol. The van der Waals surface area contributed by atoms with Gasteiger partial charge in [-0.2, -0.15) is 0 Å². The van der Waals surface area contributed by atoms with E-state index >= 15 is 0 Å². The summed E-state index contributed by atoms with van der Waals surface area (Å²) in [6.45, 7) is 0.245. The van der Waals surface area contributed by atoms with Gasteiger partial charge in [-0.1, -0.05) is 24.3 Å². The highest BCUT2D eigenvalue weighted by Gasteiger charge is 2.12. The van der Waals surface area contributed by atoms with Crippen molar-refractivity contribution in [1.29, 1.82) is 0 Å². The van der Waals surface area contributed by atoms with E-state index in [1.165, 1.54) is 0 Å². The van der Waals surface area contributed by atoms with Gasteiger partial charge in [0, 0.05) is 12.1 Å². The fraction of sp³-hybridized carbons (Fsp3) is 0.125. The number of allylic oxidation sites excluding steroid dienone is 1. The van der Waals surface area contributed by atoms with E-state index in [1.54, 1.807) is 6.08 Å². The summed E-state index contributed by atoms with van der Waals surface area (Å²) >= 11 is 0. The van der Waals surface area contributed by atoms with Gasteiger partial charge in [0.25, 0.3) is 0 Å². The Hall–Kier alpha value is -2.62. The van der Waals surface area contributed by atoms with Crippen LogP contribution in [0.4, 0.5) is 5.69 Å². The number of ether oxygens (including phenoxy) is 2. The van der Waals surface area contributed by atoms with Crippen LogP contribution >= 0.6 is 0 Å². The van der Waals surface area contributed by atoms with Gasteiger partial charge in [0.15, 0.2) is 11.5 Å². The lowest BCUT2D eigenvalue weighted by molar-refractivity contribution is 0.174. The maximum atomic E-state index is 10.1.